The molecule has 3 aromatic rings. The van der Waals surface area contributed by atoms with Crippen molar-refractivity contribution in [3.05, 3.63) is 47.7 Å². The second-order valence-corrected chi connectivity index (χ2v) is 10.6. The van der Waals surface area contributed by atoms with Gasteiger partial charge in [-0.25, -0.2) is 13.4 Å². The summed E-state index contributed by atoms with van der Waals surface area (Å²) in [6, 6.07) is 8.63. The van der Waals surface area contributed by atoms with Crippen LogP contribution in [-0.2, 0) is 21.2 Å². The molecule has 2 aromatic heterocycles. The molecule has 3 heterocycles. The van der Waals surface area contributed by atoms with Crippen molar-refractivity contribution in [3.63, 3.8) is 0 Å². The van der Waals surface area contributed by atoms with Crippen LogP contribution < -0.4 is 10.2 Å². The number of hydrogen-bond acceptors (Lipinski definition) is 7. The summed E-state index contributed by atoms with van der Waals surface area (Å²) in [6.45, 7) is 6.15. The standard InChI is InChI=1S/C23H28N4O4S2/c1-3-27(4-2)33(29,30)18-9-10-20(26-11-5-6-12-26)19(15-18)25-22(28)14-17-16-32-23(24-17)21-8-7-13-31-21/h7-10,13,15-16H,3-6,11-12,14H2,1-2H3,(H,25,28). The number of furan rings is 1. The van der Waals surface area contributed by atoms with Gasteiger partial charge in [0.25, 0.3) is 0 Å². The molecule has 10 heteroatoms. The summed E-state index contributed by atoms with van der Waals surface area (Å²) < 4.78 is 32.9. The summed E-state index contributed by atoms with van der Waals surface area (Å²) >= 11 is 1.42. The maximum absolute atomic E-state index is 13.1. The predicted molar refractivity (Wildman–Crippen MR) is 130 cm³/mol. The molecule has 176 valence electrons. The topological polar surface area (TPSA) is 95.8 Å². The van der Waals surface area contributed by atoms with Crippen molar-refractivity contribution in [2.45, 2.75) is 38.0 Å². The number of aromatic nitrogens is 1. The molecule has 0 unspecified atom stereocenters. The molecular weight excluding hydrogens is 460 g/mol. The maximum Gasteiger partial charge on any atom is 0.243 e. The van der Waals surface area contributed by atoms with E-state index in [2.05, 4.69) is 15.2 Å². The van der Waals surface area contributed by atoms with E-state index in [9.17, 15) is 13.2 Å². The Labute approximate surface area is 198 Å². The number of carbonyl (C=O) groups excluding carboxylic acids is 1. The van der Waals surface area contributed by atoms with Gasteiger partial charge < -0.3 is 14.6 Å². The Morgan fingerprint density at radius 3 is 2.64 bits per heavy atom. The average molecular weight is 489 g/mol. The van der Waals surface area contributed by atoms with Crippen LogP contribution in [0.2, 0.25) is 0 Å². The number of anilines is 2. The fraction of sp³-hybridized carbons (Fsp3) is 0.391. The maximum atomic E-state index is 13.1. The summed E-state index contributed by atoms with van der Waals surface area (Å²) in [5.41, 5.74) is 1.99. The minimum Gasteiger partial charge on any atom is -0.462 e. The van der Waals surface area contributed by atoms with Crippen LogP contribution in [0.15, 0.2) is 51.3 Å². The van der Waals surface area contributed by atoms with Gasteiger partial charge >= 0.3 is 0 Å². The second kappa shape index (κ2) is 10.1. The van der Waals surface area contributed by atoms with E-state index in [1.54, 1.807) is 30.5 Å². The molecule has 33 heavy (non-hydrogen) atoms. The Balaban J connectivity index is 1.58. The molecule has 0 bridgehead atoms. The third-order valence-corrected chi connectivity index (χ3v) is 8.61. The number of nitrogens with one attached hydrogen (secondary N) is 1. The van der Waals surface area contributed by atoms with Crippen LogP contribution in [0, 0.1) is 0 Å². The van der Waals surface area contributed by atoms with Gasteiger partial charge in [0.15, 0.2) is 10.8 Å². The van der Waals surface area contributed by atoms with Gasteiger partial charge in [0, 0.05) is 31.6 Å². The predicted octanol–water partition coefficient (Wildman–Crippen LogP) is 4.22. The van der Waals surface area contributed by atoms with Crippen LogP contribution in [0.3, 0.4) is 0 Å². The van der Waals surface area contributed by atoms with E-state index in [1.165, 1.54) is 15.6 Å². The number of hydrogen-bond donors (Lipinski definition) is 1. The number of sulfonamides is 1. The van der Waals surface area contributed by atoms with Crippen LogP contribution in [0.1, 0.15) is 32.4 Å². The first-order valence-electron chi connectivity index (χ1n) is 11.1. The highest BCUT2D eigenvalue weighted by molar-refractivity contribution is 7.89. The average Bonchev–Trinajstić information content (AvgIpc) is 3.56. The largest absolute Gasteiger partial charge is 0.462 e. The lowest BCUT2D eigenvalue weighted by atomic mass is 10.2. The molecule has 4 rings (SSSR count). The molecule has 1 aliphatic rings. The zero-order valence-electron chi connectivity index (χ0n) is 18.8. The quantitative estimate of drug-likeness (QED) is 0.485. The lowest BCUT2D eigenvalue weighted by Crippen LogP contribution is -2.31. The monoisotopic (exact) mass is 488 g/mol. The Morgan fingerprint density at radius 1 is 1.21 bits per heavy atom. The third kappa shape index (κ3) is 5.13. The van der Waals surface area contributed by atoms with Crippen LogP contribution in [0.5, 0.6) is 0 Å². The molecular formula is C23H28N4O4S2. The van der Waals surface area contributed by atoms with Crippen molar-refractivity contribution in [1.82, 2.24) is 9.29 Å². The molecule has 1 saturated heterocycles. The van der Waals surface area contributed by atoms with Crippen molar-refractivity contribution in [1.29, 1.82) is 0 Å². The highest BCUT2D eigenvalue weighted by atomic mass is 32.2. The van der Waals surface area contributed by atoms with E-state index in [0.717, 1.165) is 31.6 Å². The Kier molecular flexibility index (Phi) is 7.16. The molecule has 1 aromatic carbocycles. The normalized spacial score (nSPS) is 14.2. The van der Waals surface area contributed by atoms with Gasteiger partial charge in [-0.1, -0.05) is 13.8 Å². The number of rotatable bonds is 9. The van der Waals surface area contributed by atoms with Crippen molar-refractivity contribution in [3.8, 4) is 10.8 Å². The van der Waals surface area contributed by atoms with E-state index >= 15 is 0 Å². The lowest BCUT2D eigenvalue weighted by Gasteiger charge is -2.24. The lowest BCUT2D eigenvalue weighted by molar-refractivity contribution is -0.115. The Bertz CT molecular complexity index is 1200. The van der Waals surface area contributed by atoms with Crippen LogP contribution in [-0.4, -0.2) is 49.8 Å². The zero-order valence-corrected chi connectivity index (χ0v) is 20.4. The molecule has 1 amide bonds. The Hall–Kier alpha value is -2.69. The first-order chi connectivity index (χ1) is 15.9. The van der Waals surface area contributed by atoms with Gasteiger partial charge in [-0.2, -0.15) is 4.31 Å². The number of nitrogens with zero attached hydrogens (tertiary/aromatic N) is 3. The SMILES string of the molecule is CCN(CC)S(=O)(=O)c1ccc(N2CCCC2)c(NC(=O)Cc2csc(-c3ccco3)n2)c1. The van der Waals surface area contributed by atoms with Crippen LogP contribution >= 0.6 is 11.3 Å². The fourth-order valence-electron chi connectivity index (χ4n) is 3.98. The molecule has 0 radical (unpaired) electrons. The fourth-order valence-corrected chi connectivity index (χ4v) is 6.25. The number of thiazole rings is 1. The highest BCUT2D eigenvalue weighted by Gasteiger charge is 2.25. The molecule has 8 nitrogen and oxygen atoms in total. The highest BCUT2D eigenvalue weighted by Crippen LogP contribution is 2.32. The van der Waals surface area contributed by atoms with Crippen molar-refractivity contribution in [2.24, 2.45) is 0 Å². The molecule has 0 saturated carbocycles. The molecule has 1 N–H and O–H groups in total. The molecule has 1 aliphatic heterocycles. The van der Waals surface area contributed by atoms with Gasteiger partial charge in [-0.05, 0) is 43.2 Å². The first-order valence-corrected chi connectivity index (χ1v) is 13.4. The van der Waals surface area contributed by atoms with Gasteiger partial charge in [0.05, 0.1) is 34.6 Å². The van der Waals surface area contributed by atoms with Gasteiger partial charge in [-0.15, -0.1) is 11.3 Å². The minimum absolute atomic E-state index is 0.0870. The van der Waals surface area contributed by atoms with Gasteiger partial charge in [0.2, 0.25) is 15.9 Å². The number of benzene rings is 1. The van der Waals surface area contributed by atoms with E-state index < -0.39 is 10.0 Å². The van der Waals surface area contributed by atoms with Crippen LogP contribution in [0.4, 0.5) is 11.4 Å². The minimum atomic E-state index is -3.64. The van der Waals surface area contributed by atoms with Crippen molar-refractivity contribution >= 4 is 38.6 Å². The number of amides is 1. The molecule has 0 aliphatic carbocycles. The summed E-state index contributed by atoms with van der Waals surface area (Å²) in [7, 11) is -3.64. The van der Waals surface area contributed by atoms with Crippen LogP contribution in [0.25, 0.3) is 10.8 Å². The smallest absolute Gasteiger partial charge is 0.243 e. The zero-order chi connectivity index (χ0) is 23.4. The molecule has 1 fully saturated rings. The van der Waals surface area contributed by atoms with Crippen molar-refractivity contribution in [2.75, 3.05) is 36.4 Å². The molecule has 0 atom stereocenters. The van der Waals surface area contributed by atoms with E-state index in [1.807, 2.05) is 25.3 Å². The van der Waals surface area contributed by atoms with E-state index in [4.69, 9.17) is 4.42 Å². The summed E-state index contributed by atoms with van der Waals surface area (Å²) in [5.74, 6) is 0.418. The Morgan fingerprint density at radius 2 is 1.97 bits per heavy atom. The third-order valence-electron chi connectivity index (χ3n) is 5.66. The van der Waals surface area contributed by atoms with Crippen molar-refractivity contribution < 1.29 is 17.6 Å². The van der Waals surface area contributed by atoms with E-state index in [-0.39, 0.29) is 17.2 Å². The van der Waals surface area contributed by atoms with E-state index in [0.29, 0.717) is 35.2 Å². The number of carbonyl (C=O) groups is 1. The molecule has 0 spiro atoms. The second-order valence-electron chi connectivity index (χ2n) is 7.81. The first kappa shape index (κ1) is 23.5. The summed E-state index contributed by atoms with van der Waals surface area (Å²) in [6.07, 6.45) is 3.81. The summed E-state index contributed by atoms with van der Waals surface area (Å²) in [5, 5.41) is 5.49. The van der Waals surface area contributed by atoms with Gasteiger partial charge in [-0.3, -0.25) is 4.79 Å². The van der Waals surface area contributed by atoms with Gasteiger partial charge in [0.1, 0.15) is 0 Å². The summed E-state index contributed by atoms with van der Waals surface area (Å²) in [4.78, 5) is 19.8.